The first kappa shape index (κ1) is 11.9. The molecule has 0 radical (unpaired) electrons. The third kappa shape index (κ3) is 1.79. The van der Waals surface area contributed by atoms with E-state index in [9.17, 15) is 4.39 Å². The minimum absolute atomic E-state index is 0.226. The van der Waals surface area contributed by atoms with Crippen LogP contribution in [0.3, 0.4) is 0 Å². The van der Waals surface area contributed by atoms with Gasteiger partial charge in [-0.1, -0.05) is 18.9 Å². The summed E-state index contributed by atoms with van der Waals surface area (Å²) < 4.78 is 16.5. The standard InChI is InChI=1S/C14H17FN2S/c1-9(10-5-2-3-6-10)17-12-8-4-7-11(15)13(12)16-14(17)18/h4,7-10H,2-3,5-6H2,1H3,(H,16,18). The van der Waals surface area contributed by atoms with Crippen LogP contribution in [0.15, 0.2) is 18.2 Å². The molecule has 2 nitrogen and oxygen atoms in total. The maximum atomic E-state index is 13.7. The summed E-state index contributed by atoms with van der Waals surface area (Å²) >= 11 is 5.37. The highest BCUT2D eigenvalue weighted by atomic mass is 32.1. The van der Waals surface area contributed by atoms with Crippen LogP contribution in [0.1, 0.15) is 38.6 Å². The first-order valence-electron chi connectivity index (χ1n) is 6.57. The van der Waals surface area contributed by atoms with Gasteiger partial charge in [0, 0.05) is 6.04 Å². The van der Waals surface area contributed by atoms with E-state index in [-0.39, 0.29) is 5.82 Å². The third-order valence-corrected chi connectivity index (χ3v) is 4.49. The van der Waals surface area contributed by atoms with Gasteiger partial charge in [-0.15, -0.1) is 0 Å². The molecule has 4 heteroatoms. The summed E-state index contributed by atoms with van der Waals surface area (Å²) in [6.07, 6.45) is 5.12. The number of hydrogen-bond acceptors (Lipinski definition) is 1. The first-order chi connectivity index (χ1) is 8.68. The van der Waals surface area contributed by atoms with Crippen LogP contribution >= 0.6 is 12.2 Å². The second kappa shape index (κ2) is 4.50. The van der Waals surface area contributed by atoms with Crippen molar-refractivity contribution < 1.29 is 4.39 Å². The van der Waals surface area contributed by atoms with Gasteiger partial charge in [0.05, 0.1) is 5.52 Å². The van der Waals surface area contributed by atoms with Gasteiger partial charge < -0.3 is 9.55 Å². The number of benzene rings is 1. The Morgan fingerprint density at radius 3 is 2.83 bits per heavy atom. The Kier molecular flexibility index (Phi) is 2.98. The summed E-state index contributed by atoms with van der Waals surface area (Å²) in [5.41, 5.74) is 1.42. The lowest BCUT2D eigenvalue weighted by molar-refractivity contribution is 0.365. The minimum atomic E-state index is -0.226. The second-order valence-corrected chi connectivity index (χ2v) is 5.61. The molecule has 1 aliphatic carbocycles. The van der Waals surface area contributed by atoms with Crippen molar-refractivity contribution in [2.75, 3.05) is 0 Å². The van der Waals surface area contributed by atoms with E-state index in [0.717, 1.165) is 5.52 Å². The monoisotopic (exact) mass is 264 g/mol. The summed E-state index contributed by atoms with van der Waals surface area (Å²) in [6, 6.07) is 5.50. The van der Waals surface area contributed by atoms with Crippen molar-refractivity contribution in [3.63, 3.8) is 0 Å². The number of aromatic amines is 1. The number of imidazole rings is 1. The highest BCUT2D eigenvalue weighted by Crippen LogP contribution is 2.35. The number of aromatic nitrogens is 2. The fourth-order valence-corrected chi connectivity index (χ4v) is 3.54. The zero-order valence-electron chi connectivity index (χ0n) is 10.4. The number of H-pyrrole nitrogens is 1. The van der Waals surface area contributed by atoms with Crippen LogP contribution < -0.4 is 0 Å². The van der Waals surface area contributed by atoms with E-state index in [1.165, 1.54) is 31.7 Å². The Bertz CT molecular complexity index is 622. The molecule has 1 heterocycles. The van der Waals surface area contributed by atoms with E-state index in [0.29, 0.717) is 22.2 Å². The largest absolute Gasteiger partial charge is 0.328 e. The van der Waals surface area contributed by atoms with Crippen LogP contribution in [0.2, 0.25) is 0 Å². The number of fused-ring (bicyclic) bond motifs is 1. The summed E-state index contributed by atoms with van der Waals surface area (Å²) in [4.78, 5) is 3.00. The summed E-state index contributed by atoms with van der Waals surface area (Å²) in [6.45, 7) is 2.20. The molecule has 0 aliphatic heterocycles. The van der Waals surface area contributed by atoms with Crippen molar-refractivity contribution >= 4 is 23.3 Å². The summed E-state index contributed by atoms with van der Waals surface area (Å²) in [7, 11) is 0. The maximum absolute atomic E-state index is 13.7. The third-order valence-electron chi connectivity index (χ3n) is 4.19. The van der Waals surface area contributed by atoms with Crippen LogP contribution in [0.25, 0.3) is 11.0 Å². The molecule has 1 atom stereocenters. The van der Waals surface area contributed by atoms with Crippen molar-refractivity contribution in [2.24, 2.45) is 5.92 Å². The molecule has 1 saturated carbocycles. The van der Waals surface area contributed by atoms with Gasteiger partial charge in [-0.3, -0.25) is 0 Å². The highest BCUT2D eigenvalue weighted by molar-refractivity contribution is 7.71. The van der Waals surface area contributed by atoms with Crippen LogP contribution in [-0.2, 0) is 0 Å². The lowest BCUT2D eigenvalue weighted by atomic mass is 9.99. The van der Waals surface area contributed by atoms with Crippen LogP contribution in [0.4, 0.5) is 4.39 Å². The molecule has 1 aromatic heterocycles. The molecule has 1 unspecified atom stereocenters. The van der Waals surface area contributed by atoms with Crippen molar-refractivity contribution in [2.45, 2.75) is 38.6 Å². The quantitative estimate of drug-likeness (QED) is 0.787. The predicted molar refractivity (Wildman–Crippen MR) is 73.7 cm³/mol. The fourth-order valence-electron chi connectivity index (χ4n) is 3.17. The van der Waals surface area contributed by atoms with Gasteiger partial charge in [-0.25, -0.2) is 4.39 Å². The lowest BCUT2D eigenvalue weighted by Crippen LogP contribution is -2.14. The van der Waals surface area contributed by atoms with Crippen LogP contribution in [0, 0.1) is 16.5 Å². The highest BCUT2D eigenvalue weighted by Gasteiger charge is 2.24. The Labute approximate surface area is 111 Å². The Balaban J connectivity index is 2.13. The zero-order valence-corrected chi connectivity index (χ0v) is 11.3. The summed E-state index contributed by atoms with van der Waals surface area (Å²) in [5, 5.41) is 0. The minimum Gasteiger partial charge on any atom is -0.328 e. The van der Waals surface area contributed by atoms with E-state index >= 15 is 0 Å². The second-order valence-electron chi connectivity index (χ2n) is 5.22. The normalized spacial score (nSPS) is 18.6. The molecule has 1 fully saturated rings. The van der Waals surface area contributed by atoms with Gasteiger partial charge in [-0.05, 0) is 50.0 Å². The molecule has 1 aromatic carbocycles. The molecule has 0 bridgehead atoms. The topological polar surface area (TPSA) is 20.7 Å². The average Bonchev–Trinajstić information content (AvgIpc) is 2.96. The number of nitrogens with one attached hydrogen (secondary N) is 1. The molecule has 96 valence electrons. The van der Waals surface area contributed by atoms with Gasteiger partial charge in [0.25, 0.3) is 0 Å². The fraction of sp³-hybridized carbons (Fsp3) is 0.500. The van der Waals surface area contributed by atoms with Gasteiger partial charge in [0.2, 0.25) is 0 Å². The number of halogens is 1. The van der Waals surface area contributed by atoms with E-state index in [4.69, 9.17) is 12.2 Å². The van der Waals surface area contributed by atoms with Gasteiger partial charge >= 0.3 is 0 Å². The summed E-state index contributed by atoms with van der Waals surface area (Å²) in [5.74, 6) is 0.440. The molecule has 2 aromatic rings. The van der Waals surface area contributed by atoms with Gasteiger partial charge in [0.15, 0.2) is 4.77 Å². The molecule has 1 aliphatic rings. The SMILES string of the molecule is CC(C1CCCC1)n1c(=S)[nH]c2c(F)cccc21. The van der Waals surface area contributed by atoms with E-state index in [1.807, 2.05) is 6.07 Å². The molecular formula is C14H17FN2S. The first-order valence-corrected chi connectivity index (χ1v) is 6.98. The van der Waals surface area contributed by atoms with Gasteiger partial charge in [-0.2, -0.15) is 0 Å². The number of para-hydroxylation sites is 1. The van der Waals surface area contributed by atoms with Crippen molar-refractivity contribution in [1.29, 1.82) is 0 Å². The molecular weight excluding hydrogens is 247 g/mol. The molecule has 3 rings (SSSR count). The number of hydrogen-bond donors (Lipinski definition) is 1. The molecule has 18 heavy (non-hydrogen) atoms. The van der Waals surface area contributed by atoms with Crippen molar-refractivity contribution in [1.82, 2.24) is 9.55 Å². The van der Waals surface area contributed by atoms with Crippen molar-refractivity contribution in [3.05, 3.63) is 28.8 Å². The maximum Gasteiger partial charge on any atom is 0.178 e. The number of nitrogens with zero attached hydrogens (tertiary/aromatic N) is 1. The van der Waals surface area contributed by atoms with E-state index < -0.39 is 0 Å². The van der Waals surface area contributed by atoms with Crippen molar-refractivity contribution in [3.8, 4) is 0 Å². The smallest absolute Gasteiger partial charge is 0.178 e. The molecule has 0 saturated heterocycles. The molecule has 0 amide bonds. The number of rotatable bonds is 2. The molecule has 1 N–H and O–H groups in total. The van der Waals surface area contributed by atoms with Gasteiger partial charge in [0.1, 0.15) is 11.3 Å². The Morgan fingerprint density at radius 1 is 1.39 bits per heavy atom. The predicted octanol–water partition coefficient (Wildman–Crippen LogP) is 4.59. The zero-order chi connectivity index (χ0) is 12.7. The Hall–Kier alpha value is -1.16. The van der Waals surface area contributed by atoms with Crippen LogP contribution in [0.5, 0.6) is 0 Å². The average molecular weight is 264 g/mol. The van der Waals surface area contributed by atoms with Crippen LogP contribution in [-0.4, -0.2) is 9.55 Å². The molecule has 0 spiro atoms. The lowest BCUT2D eigenvalue weighted by Gasteiger charge is -2.21. The van der Waals surface area contributed by atoms with E-state index in [2.05, 4.69) is 16.5 Å². The Morgan fingerprint density at radius 2 is 2.11 bits per heavy atom. The van der Waals surface area contributed by atoms with E-state index in [1.54, 1.807) is 6.07 Å².